The van der Waals surface area contributed by atoms with Crippen molar-refractivity contribution >= 4 is 23.3 Å². The molecule has 0 aliphatic rings. The van der Waals surface area contributed by atoms with E-state index in [2.05, 4.69) is 70.6 Å². The number of para-hydroxylation sites is 1. The van der Waals surface area contributed by atoms with Crippen molar-refractivity contribution in [2.75, 3.05) is 0 Å². The third-order valence-electron chi connectivity index (χ3n) is 3.39. The molecule has 0 spiro atoms. The Morgan fingerprint density at radius 3 is 2.00 bits per heavy atom. The molecule has 1 N–H and O–H groups in total. The van der Waals surface area contributed by atoms with Crippen LogP contribution in [0.3, 0.4) is 0 Å². The summed E-state index contributed by atoms with van der Waals surface area (Å²) >= 11 is 0. The molecule has 0 atom stereocenters. The fourth-order valence-electron chi connectivity index (χ4n) is 2.36. The Balaban J connectivity index is 0.000000234. The van der Waals surface area contributed by atoms with Gasteiger partial charge in [0.15, 0.2) is 0 Å². The van der Waals surface area contributed by atoms with Crippen LogP contribution in [0.25, 0.3) is 10.9 Å². The first-order valence-corrected chi connectivity index (χ1v) is 7.37. The van der Waals surface area contributed by atoms with Crippen LogP contribution in [-0.4, -0.2) is 9.97 Å². The highest BCUT2D eigenvalue weighted by molar-refractivity contribution is 5.85. The van der Waals surface area contributed by atoms with Crippen LogP contribution in [-0.2, 0) is 6.42 Å². The third kappa shape index (κ3) is 4.97. The van der Waals surface area contributed by atoms with Gasteiger partial charge in [-0.2, -0.15) is 0 Å². The molecule has 0 aliphatic carbocycles. The molecule has 4 aromatic rings. The van der Waals surface area contributed by atoms with Crippen LogP contribution < -0.4 is 0 Å². The zero-order valence-corrected chi connectivity index (χ0v) is 13.5. The molecule has 2 aromatic carbocycles. The molecule has 0 radical (unpaired) electrons. The van der Waals surface area contributed by atoms with Crippen molar-refractivity contribution in [1.82, 2.24) is 9.97 Å². The Morgan fingerprint density at radius 2 is 1.39 bits per heavy atom. The minimum atomic E-state index is 0. The standard InChI is InChI=1S/C15H13N.C5H5N.ClH/c1-2-6-12(7-3-1)10-14-11-13-8-4-5-9-15(13)16-14;1-2-4-6-5-3-1;/h1-9,11,16H,10H2;1-5H;1H. The molecule has 0 fully saturated rings. The zero-order valence-electron chi connectivity index (χ0n) is 12.7. The fourth-order valence-corrected chi connectivity index (χ4v) is 2.36. The average molecular weight is 323 g/mol. The first-order valence-electron chi connectivity index (χ1n) is 7.37. The van der Waals surface area contributed by atoms with Gasteiger partial charge in [-0.15, -0.1) is 12.4 Å². The van der Waals surface area contributed by atoms with Gasteiger partial charge < -0.3 is 4.98 Å². The highest BCUT2D eigenvalue weighted by Gasteiger charge is 2.00. The van der Waals surface area contributed by atoms with Gasteiger partial charge >= 0.3 is 0 Å². The predicted octanol–water partition coefficient (Wildman–Crippen LogP) is 5.26. The zero-order chi connectivity index (χ0) is 15.0. The molecule has 0 amide bonds. The number of fused-ring (bicyclic) bond motifs is 1. The number of aromatic nitrogens is 2. The molecule has 2 nitrogen and oxygen atoms in total. The summed E-state index contributed by atoms with van der Waals surface area (Å²) in [4.78, 5) is 7.23. The number of hydrogen-bond acceptors (Lipinski definition) is 1. The number of rotatable bonds is 2. The first kappa shape index (κ1) is 16.8. The van der Waals surface area contributed by atoms with Crippen LogP contribution in [0.15, 0.2) is 91.3 Å². The number of nitrogens with zero attached hydrogens (tertiary/aromatic N) is 1. The number of halogens is 1. The van der Waals surface area contributed by atoms with E-state index in [1.807, 2.05) is 18.2 Å². The van der Waals surface area contributed by atoms with Crippen molar-refractivity contribution in [2.24, 2.45) is 0 Å². The Kier molecular flexibility index (Phi) is 6.40. The summed E-state index contributed by atoms with van der Waals surface area (Å²) < 4.78 is 0. The molecular weight excluding hydrogens is 304 g/mol. The van der Waals surface area contributed by atoms with Crippen LogP contribution in [0.1, 0.15) is 11.3 Å². The molecule has 2 aromatic heterocycles. The van der Waals surface area contributed by atoms with Crippen molar-refractivity contribution < 1.29 is 0 Å². The SMILES string of the molecule is Cl.c1ccc(Cc2cc3ccccc3[nH]2)cc1.c1ccncc1. The lowest BCUT2D eigenvalue weighted by molar-refractivity contribution is 1.12. The molecule has 0 unspecified atom stereocenters. The molecule has 116 valence electrons. The third-order valence-corrected chi connectivity index (χ3v) is 3.39. The fraction of sp³-hybridized carbons (Fsp3) is 0.0500. The van der Waals surface area contributed by atoms with Crippen molar-refractivity contribution in [3.05, 3.63) is 103 Å². The van der Waals surface area contributed by atoms with E-state index in [9.17, 15) is 0 Å². The van der Waals surface area contributed by atoms with E-state index >= 15 is 0 Å². The number of hydrogen-bond donors (Lipinski definition) is 1. The van der Waals surface area contributed by atoms with Gasteiger partial charge in [-0.3, -0.25) is 4.98 Å². The maximum Gasteiger partial charge on any atom is 0.0456 e. The monoisotopic (exact) mass is 322 g/mol. The van der Waals surface area contributed by atoms with E-state index in [1.165, 1.54) is 22.2 Å². The van der Waals surface area contributed by atoms with E-state index < -0.39 is 0 Å². The Bertz CT molecular complexity index is 751. The Labute approximate surface area is 142 Å². The maximum atomic E-state index is 3.78. The predicted molar refractivity (Wildman–Crippen MR) is 99.0 cm³/mol. The van der Waals surface area contributed by atoms with Crippen LogP contribution in [0, 0.1) is 0 Å². The number of benzene rings is 2. The lowest BCUT2D eigenvalue weighted by Crippen LogP contribution is -1.86. The summed E-state index contributed by atoms with van der Waals surface area (Å²) in [7, 11) is 0. The summed E-state index contributed by atoms with van der Waals surface area (Å²) in [6, 6.07) is 26.9. The van der Waals surface area contributed by atoms with Gasteiger partial charge in [0, 0.05) is 30.0 Å². The van der Waals surface area contributed by atoms with Crippen LogP contribution in [0.4, 0.5) is 0 Å². The van der Waals surface area contributed by atoms with Gasteiger partial charge in [0.25, 0.3) is 0 Å². The molecule has 0 bridgehead atoms. The summed E-state index contributed by atoms with van der Waals surface area (Å²) in [6.45, 7) is 0. The number of pyridine rings is 1. The average Bonchev–Trinajstić information content (AvgIpc) is 3.00. The number of nitrogens with one attached hydrogen (secondary N) is 1. The van der Waals surface area contributed by atoms with Crippen LogP contribution >= 0.6 is 12.4 Å². The lowest BCUT2D eigenvalue weighted by Gasteiger charge is -1.97. The van der Waals surface area contributed by atoms with Gasteiger partial charge in [0.2, 0.25) is 0 Å². The van der Waals surface area contributed by atoms with Gasteiger partial charge in [-0.05, 0) is 35.2 Å². The van der Waals surface area contributed by atoms with E-state index in [1.54, 1.807) is 12.4 Å². The van der Waals surface area contributed by atoms with Crippen LogP contribution in [0.2, 0.25) is 0 Å². The van der Waals surface area contributed by atoms with E-state index in [0.717, 1.165) is 6.42 Å². The molecular formula is C20H19ClN2. The first-order chi connectivity index (χ1) is 10.9. The van der Waals surface area contributed by atoms with Crippen molar-refractivity contribution in [1.29, 1.82) is 0 Å². The molecule has 3 heteroatoms. The van der Waals surface area contributed by atoms with Crippen LogP contribution in [0.5, 0.6) is 0 Å². The van der Waals surface area contributed by atoms with E-state index in [-0.39, 0.29) is 12.4 Å². The highest BCUT2D eigenvalue weighted by atomic mass is 35.5. The smallest absolute Gasteiger partial charge is 0.0456 e. The second-order valence-electron chi connectivity index (χ2n) is 5.07. The van der Waals surface area contributed by atoms with Gasteiger partial charge in [0.1, 0.15) is 0 Å². The topological polar surface area (TPSA) is 28.7 Å². The minimum absolute atomic E-state index is 0. The summed E-state index contributed by atoms with van der Waals surface area (Å²) in [6.07, 6.45) is 4.47. The van der Waals surface area contributed by atoms with E-state index in [0.29, 0.717) is 0 Å². The second kappa shape index (κ2) is 8.76. The summed E-state index contributed by atoms with van der Waals surface area (Å²) in [5.41, 5.74) is 3.83. The molecule has 2 heterocycles. The normalized spacial score (nSPS) is 9.57. The molecule has 4 rings (SSSR count). The molecule has 23 heavy (non-hydrogen) atoms. The van der Waals surface area contributed by atoms with Gasteiger partial charge in [-0.25, -0.2) is 0 Å². The molecule has 0 aliphatic heterocycles. The van der Waals surface area contributed by atoms with Crippen molar-refractivity contribution in [3.63, 3.8) is 0 Å². The maximum absolute atomic E-state index is 3.78. The molecule has 0 saturated heterocycles. The van der Waals surface area contributed by atoms with Gasteiger partial charge in [-0.1, -0.05) is 54.6 Å². The lowest BCUT2D eigenvalue weighted by atomic mass is 10.1. The Morgan fingerprint density at radius 1 is 0.739 bits per heavy atom. The second-order valence-corrected chi connectivity index (χ2v) is 5.07. The van der Waals surface area contributed by atoms with E-state index in [4.69, 9.17) is 0 Å². The minimum Gasteiger partial charge on any atom is -0.358 e. The highest BCUT2D eigenvalue weighted by Crippen LogP contribution is 2.17. The largest absolute Gasteiger partial charge is 0.358 e. The Hall–Kier alpha value is -2.58. The summed E-state index contributed by atoms with van der Waals surface area (Å²) in [5, 5.41) is 1.29. The quantitative estimate of drug-likeness (QED) is 0.535. The number of aromatic amines is 1. The van der Waals surface area contributed by atoms with Crippen molar-refractivity contribution in [3.8, 4) is 0 Å². The molecule has 0 saturated carbocycles. The summed E-state index contributed by atoms with van der Waals surface area (Å²) in [5.74, 6) is 0. The van der Waals surface area contributed by atoms with Crippen molar-refractivity contribution in [2.45, 2.75) is 6.42 Å². The number of H-pyrrole nitrogens is 1. The van der Waals surface area contributed by atoms with Gasteiger partial charge in [0.05, 0.1) is 0 Å².